The highest BCUT2D eigenvalue weighted by molar-refractivity contribution is 5.14. The monoisotopic (exact) mass is 183 g/mol. The Hall–Kier alpha value is -0.870. The Morgan fingerprint density at radius 3 is 2.77 bits per heavy atom. The first kappa shape index (κ1) is 10.2. The molecule has 0 aliphatic heterocycles. The Morgan fingerprint density at radius 1 is 1.62 bits per heavy atom. The van der Waals surface area contributed by atoms with Gasteiger partial charge in [0.05, 0.1) is 12.3 Å². The van der Waals surface area contributed by atoms with Crippen LogP contribution >= 0.6 is 0 Å². The molecule has 0 saturated heterocycles. The second-order valence-electron chi connectivity index (χ2n) is 3.26. The van der Waals surface area contributed by atoms with Crippen molar-refractivity contribution in [2.75, 3.05) is 6.61 Å². The first-order valence-corrected chi connectivity index (χ1v) is 4.58. The minimum absolute atomic E-state index is 0.00770. The summed E-state index contributed by atoms with van der Waals surface area (Å²) in [6.45, 7) is 4.04. The Bertz CT molecular complexity index is 270. The second kappa shape index (κ2) is 4.39. The topological polar surface area (TPSA) is 74.9 Å². The Morgan fingerprint density at radius 2 is 2.31 bits per heavy atom. The van der Waals surface area contributed by atoms with Crippen molar-refractivity contribution < 1.29 is 5.11 Å². The second-order valence-corrected chi connectivity index (χ2v) is 3.26. The van der Waals surface area contributed by atoms with Crippen LogP contribution in [0, 0.1) is 6.92 Å². The summed E-state index contributed by atoms with van der Waals surface area (Å²) in [7, 11) is 0. The smallest absolute Gasteiger partial charge is 0.106 e. The number of aryl methyl sites for hydroxylation is 2. The third kappa shape index (κ3) is 2.54. The number of aromatic nitrogens is 2. The van der Waals surface area contributed by atoms with E-state index in [4.69, 9.17) is 10.8 Å². The summed E-state index contributed by atoms with van der Waals surface area (Å²) in [5.74, 6) is 0.984. The number of imidazole rings is 1. The fourth-order valence-electron chi connectivity index (χ4n) is 1.24. The molecule has 0 fully saturated rings. The number of nitrogens with one attached hydrogen (secondary N) is 1. The molecule has 1 heterocycles. The average Bonchev–Trinajstić information content (AvgIpc) is 2.47. The molecule has 0 aliphatic rings. The Kier molecular flexibility index (Phi) is 3.45. The molecule has 13 heavy (non-hydrogen) atoms. The number of aliphatic hydroxyl groups is 1. The van der Waals surface area contributed by atoms with Gasteiger partial charge in [-0.3, -0.25) is 0 Å². The van der Waals surface area contributed by atoms with Crippen LogP contribution in [0.4, 0.5) is 0 Å². The van der Waals surface area contributed by atoms with Crippen LogP contribution < -0.4 is 5.73 Å². The lowest BCUT2D eigenvalue weighted by Gasteiger charge is -2.05. The quantitative estimate of drug-likeness (QED) is 0.621. The Labute approximate surface area is 78.2 Å². The van der Waals surface area contributed by atoms with Gasteiger partial charge in [-0.2, -0.15) is 0 Å². The lowest BCUT2D eigenvalue weighted by Crippen LogP contribution is -2.27. The van der Waals surface area contributed by atoms with Gasteiger partial charge < -0.3 is 15.8 Å². The number of nitrogens with zero attached hydrogens (tertiary/aromatic N) is 1. The summed E-state index contributed by atoms with van der Waals surface area (Å²) in [5.41, 5.74) is 7.65. The predicted octanol–water partition coefficient (Wildman–Crippen LogP) is 0.143. The molecule has 0 saturated carbocycles. The molecule has 1 atom stereocenters. The molecule has 0 amide bonds. The third-order valence-corrected chi connectivity index (χ3v) is 2.06. The van der Waals surface area contributed by atoms with Crippen LogP contribution in [0.1, 0.15) is 24.1 Å². The lowest BCUT2D eigenvalue weighted by atomic mass is 10.1. The number of nitrogens with two attached hydrogens (primary N) is 1. The van der Waals surface area contributed by atoms with Crippen LogP contribution in [-0.2, 0) is 12.8 Å². The van der Waals surface area contributed by atoms with Gasteiger partial charge in [0.2, 0.25) is 0 Å². The van der Waals surface area contributed by atoms with Crippen LogP contribution in [0.5, 0.6) is 0 Å². The van der Waals surface area contributed by atoms with E-state index in [-0.39, 0.29) is 12.6 Å². The molecule has 0 radical (unpaired) electrons. The van der Waals surface area contributed by atoms with Crippen molar-refractivity contribution in [2.45, 2.75) is 32.7 Å². The number of rotatable bonds is 4. The van der Waals surface area contributed by atoms with Crippen LogP contribution in [-0.4, -0.2) is 27.7 Å². The van der Waals surface area contributed by atoms with E-state index >= 15 is 0 Å². The maximum atomic E-state index is 8.79. The maximum absolute atomic E-state index is 8.79. The zero-order valence-electron chi connectivity index (χ0n) is 8.17. The molecule has 0 bridgehead atoms. The van der Waals surface area contributed by atoms with E-state index in [1.54, 1.807) is 0 Å². The van der Waals surface area contributed by atoms with Crippen molar-refractivity contribution in [1.82, 2.24) is 9.97 Å². The van der Waals surface area contributed by atoms with Crippen LogP contribution in [0.25, 0.3) is 0 Å². The molecule has 4 N–H and O–H groups in total. The van der Waals surface area contributed by atoms with E-state index in [1.807, 2.05) is 13.8 Å². The van der Waals surface area contributed by atoms with Gasteiger partial charge in [0.25, 0.3) is 0 Å². The van der Waals surface area contributed by atoms with Crippen LogP contribution in [0.15, 0.2) is 0 Å². The van der Waals surface area contributed by atoms with Crippen molar-refractivity contribution in [3.63, 3.8) is 0 Å². The first-order chi connectivity index (χ1) is 6.17. The molecule has 4 heteroatoms. The molecule has 4 nitrogen and oxygen atoms in total. The number of H-pyrrole nitrogens is 1. The van der Waals surface area contributed by atoms with E-state index in [2.05, 4.69) is 9.97 Å². The minimum atomic E-state index is -0.202. The van der Waals surface area contributed by atoms with E-state index < -0.39 is 0 Å². The van der Waals surface area contributed by atoms with Crippen molar-refractivity contribution >= 4 is 0 Å². The van der Waals surface area contributed by atoms with Crippen molar-refractivity contribution in [1.29, 1.82) is 0 Å². The van der Waals surface area contributed by atoms with Gasteiger partial charge in [0.15, 0.2) is 0 Å². The summed E-state index contributed by atoms with van der Waals surface area (Å²) in [6.07, 6.45) is 1.54. The van der Waals surface area contributed by atoms with Gasteiger partial charge in [0.1, 0.15) is 5.82 Å². The summed E-state index contributed by atoms with van der Waals surface area (Å²) in [5, 5.41) is 8.79. The van der Waals surface area contributed by atoms with Gasteiger partial charge in [-0.1, -0.05) is 6.92 Å². The van der Waals surface area contributed by atoms with Gasteiger partial charge in [-0.15, -0.1) is 0 Å². The molecule has 1 unspecified atom stereocenters. The number of aromatic amines is 1. The van der Waals surface area contributed by atoms with Crippen molar-refractivity contribution in [3.8, 4) is 0 Å². The zero-order chi connectivity index (χ0) is 9.84. The summed E-state index contributed by atoms with van der Waals surface area (Å²) >= 11 is 0. The number of hydrogen-bond donors (Lipinski definition) is 3. The zero-order valence-corrected chi connectivity index (χ0v) is 8.17. The lowest BCUT2D eigenvalue weighted by molar-refractivity contribution is 0.264. The minimum Gasteiger partial charge on any atom is -0.395 e. The SMILES string of the molecule is CCc1nc(CC(N)CO)c(C)[nH]1. The predicted molar refractivity (Wildman–Crippen MR) is 51.5 cm³/mol. The van der Waals surface area contributed by atoms with Crippen LogP contribution in [0.2, 0.25) is 0 Å². The molecule has 0 aromatic carbocycles. The largest absolute Gasteiger partial charge is 0.395 e. The number of hydrogen-bond acceptors (Lipinski definition) is 3. The van der Waals surface area contributed by atoms with E-state index in [0.29, 0.717) is 6.42 Å². The van der Waals surface area contributed by atoms with Gasteiger partial charge in [-0.05, 0) is 6.92 Å². The Balaban J connectivity index is 2.70. The first-order valence-electron chi connectivity index (χ1n) is 4.58. The van der Waals surface area contributed by atoms with E-state index in [0.717, 1.165) is 23.6 Å². The fourth-order valence-corrected chi connectivity index (χ4v) is 1.24. The third-order valence-electron chi connectivity index (χ3n) is 2.06. The van der Waals surface area contributed by atoms with Crippen molar-refractivity contribution in [2.24, 2.45) is 5.73 Å². The molecular formula is C9H17N3O. The molecule has 0 spiro atoms. The standard InChI is InChI=1S/C9H17N3O/c1-3-9-11-6(2)8(12-9)4-7(10)5-13/h7,13H,3-5,10H2,1-2H3,(H,11,12). The van der Waals surface area contributed by atoms with E-state index in [9.17, 15) is 0 Å². The van der Waals surface area contributed by atoms with E-state index in [1.165, 1.54) is 0 Å². The number of aliphatic hydroxyl groups excluding tert-OH is 1. The molecular weight excluding hydrogens is 166 g/mol. The van der Waals surface area contributed by atoms with Gasteiger partial charge >= 0.3 is 0 Å². The van der Waals surface area contributed by atoms with Crippen LogP contribution in [0.3, 0.4) is 0 Å². The summed E-state index contributed by atoms with van der Waals surface area (Å²) < 4.78 is 0. The normalized spacial score (nSPS) is 13.2. The van der Waals surface area contributed by atoms with Gasteiger partial charge in [0, 0.05) is 24.6 Å². The summed E-state index contributed by atoms with van der Waals surface area (Å²) in [4.78, 5) is 7.55. The van der Waals surface area contributed by atoms with Crippen molar-refractivity contribution in [3.05, 3.63) is 17.2 Å². The summed E-state index contributed by atoms with van der Waals surface area (Å²) in [6, 6.07) is -0.202. The van der Waals surface area contributed by atoms with Gasteiger partial charge in [-0.25, -0.2) is 4.98 Å². The molecule has 1 aromatic heterocycles. The highest BCUT2D eigenvalue weighted by Crippen LogP contribution is 2.07. The molecule has 1 rings (SSSR count). The molecule has 74 valence electrons. The maximum Gasteiger partial charge on any atom is 0.106 e. The fraction of sp³-hybridized carbons (Fsp3) is 0.667. The molecule has 1 aromatic rings. The highest BCUT2D eigenvalue weighted by Gasteiger charge is 2.09. The molecule has 0 aliphatic carbocycles. The average molecular weight is 183 g/mol. The highest BCUT2D eigenvalue weighted by atomic mass is 16.3.